The summed E-state index contributed by atoms with van der Waals surface area (Å²) in [5.41, 5.74) is 3.10. The lowest BCUT2D eigenvalue weighted by molar-refractivity contribution is -0.161. The van der Waals surface area contributed by atoms with E-state index < -0.39 is 23.6 Å². The zero-order chi connectivity index (χ0) is 38.2. The Labute approximate surface area is 319 Å². The first kappa shape index (κ1) is 38.8. The quantitative estimate of drug-likeness (QED) is 0.213. The van der Waals surface area contributed by atoms with E-state index in [9.17, 15) is 24.3 Å². The van der Waals surface area contributed by atoms with Gasteiger partial charge in [-0.25, -0.2) is 0 Å². The number of phenols is 1. The lowest BCUT2D eigenvalue weighted by atomic mass is 9.96. The molecule has 3 saturated heterocycles. The SMILES string of the molecule is CCOc1ccc(CCN2C(=O)C(=O)N([C@@H](Cc3ccc(O)cc3)CN3CCC[C@H]3CN3C(=O)C(=O)NC[C@@H]3CC(C)C)C[C@@H]2Cc2ccccc2)cc1. The molecular formula is C43H55N5O6. The molecule has 3 aromatic rings. The van der Waals surface area contributed by atoms with Crippen molar-refractivity contribution in [3.05, 3.63) is 95.6 Å². The van der Waals surface area contributed by atoms with Gasteiger partial charge in [-0.05, 0) is 98.9 Å². The number of carbonyl (C=O) groups is 4. The van der Waals surface area contributed by atoms with Gasteiger partial charge in [-0.2, -0.15) is 0 Å². The van der Waals surface area contributed by atoms with Crippen molar-refractivity contribution in [1.29, 1.82) is 0 Å². The van der Waals surface area contributed by atoms with Gasteiger partial charge >= 0.3 is 23.6 Å². The molecule has 4 amide bonds. The smallest absolute Gasteiger partial charge is 0.312 e. The van der Waals surface area contributed by atoms with Crippen molar-refractivity contribution in [3.63, 3.8) is 0 Å². The second kappa shape index (κ2) is 18.0. The average molecular weight is 738 g/mol. The van der Waals surface area contributed by atoms with Crippen molar-refractivity contribution in [2.45, 2.75) is 83.5 Å². The molecule has 0 aromatic heterocycles. The van der Waals surface area contributed by atoms with E-state index in [1.54, 1.807) is 26.8 Å². The molecule has 0 radical (unpaired) electrons. The number of carbonyl (C=O) groups excluding carboxylic acids is 4. The maximum Gasteiger partial charge on any atom is 0.312 e. The molecule has 3 aromatic carbocycles. The van der Waals surface area contributed by atoms with Gasteiger partial charge < -0.3 is 29.9 Å². The Bertz CT molecular complexity index is 1730. The molecule has 3 heterocycles. The van der Waals surface area contributed by atoms with Crippen molar-refractivity contribution in [2.24, 2.45) is 5.92 Å². The van der Waals surface area contributed by atoms with Crippen molar-refractivity contribution >= 4 is 23.6 Å². The highest BCUT2D eigenvalue weighted by Gasteiger charge is 2.44. The summed E-state index contributed by atoms with van der Waals surface area (Å²) in [4.78, 5) is 61.9. The zero-order valence-electron chi connectivity index (χ0n) is 31.9. The summed E-state index contributed by atoms with van der Waals surface area (Å²) in [6, 6.07) is 24.4. The third kappa shape index (κ3) is 9.60. The van der Waals surface area contributed by atoms with Gasteiger partial charge in [0.25, 0.3) is 0 Å². The van der Waals surface area contributed by atoms with E-state index in [1.165, 1.54) is 0 Å². The van der Waals surface area contributed by atoms with E-state index in [2.05, 4.69) is 36.2 Å². The molecule has 3 fully saturated rings. The molecule has 288 valence electrons. The zero-order valence-corrected chi connectivity index (χ0v) is 31.9. The van der Waals surface area contributed by atoms with Gasteiger partial charge in [0.2, 0.25) is 0 Å². The number of amides is 4. The second-order valence-electron chi connectivity index (χ2n) is 15.4. The van der Waals surface area contributed by atoms with Crippen LogP contribution in [-0.2, 0) is 38.4 Å². The van der Waals surface area contributed by atoms with Gasteiger partial charge in [0.1, 0.15) is 11.5 Å². The van der Waals surface area contributed by atoms with Crippen molar-refractivity contribution in [2.75, 3.05) is 45.9 Å². The first-order valence-electron chi connectivity index (χ1n) is 19.6. The fourth-order valence-electron chi connectivity index (χ4n) is 8.35. The molecule has 0 bridgehead atoms. The summed E-state index contributed by atoms with van der Waals surface area (Å²) in [5.74, 6) is -0.720. The minimum Gasteiger partial charge on any atom is -0.508 e. The Morgan fingerprint density at radius 2 is 1.54 bits per heavy atom. The largest absolute Gasteiger partial charge is 0.508 e. The highest BCUT2D eigenvalue weighted by molar-refractivity contribution is 6.36. The summed E-state index contributed by atoms with van der Waals surface area (Å²) < 4.78 is 5.61. The lowest BCUT2D eigenvalue weighted by Gasteiger charge is -2.45. The summed E-state index contributed by atoms with van der Waals surface area (Å²) in [6.07, 6.45) is 4.30. The number of phenolic OH excluding ortho intramolecular Hbond substituents is 1. The number of nitrogens with one attached hydrogen (secondary N) is 1. The van der Waals surface area contributed by atoms with Crippen LogP contribution < -0.4 is 10.1 Å². The number of benzene rings is 3. The first-order chi connectivity index (χ1) is 26.1. The van der Waals surface area contributed by atoms with Crippen LogP contribution >= 0.6 is 0 Å². The second-order valence-corrected chi connectivity index (χ2v) is 15.4. The van der Waals surface area contributed by atoms with E-state index >= 15 is 0 Å². The van der Waals surface area contributed by atoms with Crippen LogP contribution in [0.1, 0.15) is 56.7 Å². The van der Waals surface area contributed by atoms with Crippen LogP contribution in [0, 0.1) is 5.92 Å². The number of hydrogen-bond donors (Lipinski definition) is 2. The molecule has 0 unspecified atom stereocenters. The molecule has 0 aliphatic carbocycles. The Hall–Kier alpha value is -4.90. The summed E-state index contributed by atoms with van der Waals surface area (Å²) in [6.45, 7) is 9.76. The molecular weight excluding hydrogens is 683 g/mol. The maximum atomic E-state index is 14.3. The summed E-state index contributed by atoms with van der Waals surface area (Å²) in [7, 11) is 0. The molecule has 54 heavy (non-hydrogen) atoms. The number of ether oxygens (including phenoxy) is 1. The van der Waals surface area contributed by atoms with Crippen LogP contribution in [0.25, 0.3) is 0 Å². The Morgan fingerprint density at radius 1 is 0.815 bits per heavy atom. The van der Waals surface area contributed by atoms with Gasteiger partial charge in [0.15, 0.2) is 0 Å². The first-order valence-corrected chi connectivity index (χ1v) is 19.6. The third-order valence-corrected chi connectivity index (χ3v) is 11.1. The lowest BCUT2D eigenvalue weighted by Crippen LogP contribution is -2.65. The van der Waals surface area contributed by atoms with E-state index in [1.807, 2.05) is 61.5 Å². The molecule has 3 aliphatic rings. The molecule has 6 rings (SSSR count). The molecule has 0 saturated carbocycles. The average Bonchev–Trinajstić information content (AvgIpc) is 3.60. The van der Waals surface area contributed by atoms with Crippen LogP contribution in [0.4, 0.5) is 0 Å². The van der Waals surface area contributed by atoms with Gasteiger partial charge in [0, 0.05) is 50.8 Å². The molecule has 2 N–H and O–H groups in total. The number of hydrogen-bond acceptors (Lipinski definition) is 7. The number of piperazine rings is 2. The fraction of sp³-hybridized carbons (Fsp3) is 0.488. The van der Waals surface area contributed by atoms with Crippen molar-refractivity contribution < 1.29 is 29.0 Å². The molecule has 4 atom stereocenters. The van der Waals surface area contributed by atoms with Crippen LogP contribution in [0.15, 0.2) is 78.9 Å². The Morgan fingerprint density at radius 3 is 2.24 bits per heavy atom. The normalized spacial score (nSPS) is 21.6. The number of rotatable bonds is 16. The van der Waals surface area contributed by atoms with Crippen molar-refractivity contribution in [3.8, 4) is 11.5 Å². The van der Waals surface area contributed by atoms with E-state index in [4.69, 9.17) is 4.74 Å². The third-order valence-electron chi connectivity index (χ3n) is 11.1. The molecule has 0 spiro atoms. The van der Waals surface area contributed by atoms with Crippen LogP contribution in [0.5, 0.6) is 11.5 Å². The van der Waals surface area contributed by atoms with Crippen LogP contribution in [0.3, 0.4) is 0 Å². The fourth-order valence-corrected chi connectivity index (χ4v) is 8.35. The summed E-state index contributed by atoms with van der Waals surface area (Å²) in [5, 5.41) is 12.8. The van der Waals surface area contributed by atoms with Crippen molar-refractivity contribution in [1.82, 2.24) is 24.9 Å². The minimum absolute atomic E-state index is 0.0122. The predicted molar refractivity (Wildman–Crippen MR) is 207 cm³/mol. The van der Waals surface area contributed by atoms with Gasteiger partial charge in [-0.15, -0.1) is 0 Å². The topological polar surface area (TPSA) is 123 Å². The minimum atomic E-state index is -0.557. The van der Waals surface area contributed by atoms with Crippen LogP contribution in [0.2, 0.25) is 0 Å². The van der Waals surface area contributed by atoms with Gasteiger partial charge in [-0.1, -0.05) is 68.4 Å². The van der Waals surface area contributed by atoms with E-state index in [0.717, 1.165) is 48.2 Å². The molecule has 11 heteroatoms. The summed E-state index contributed by atoms with van der Waals surface area (Å²) >= 11 is 0. The van der Waals surface area contributed by atoms with Gasteiger partial charge in [-0.3, -0.25) is 24.1 Å². The molecule has 11 nitrogen and oxygen atoms in total. The highest BCUT2D eigenvalue weighted by Crippen LogP contribution is 2.27. The Kier molecular flexibility index (Phi) is 12.9. The van der Waals surface area contributed by atoms with E-state index in [-0.39, 0.29) is 29.9 Å². The highest BCUT2D eigenvalue weighted by atomic mass is 16.5. The standard InChI is InChI=1S/C43H55N5O6/c1-4-54-39-18-14-31(15-19-39)20-22-46-37(24-32-9-6-5-7-10-32)29-48(43(53)42(46)52)36(25-33-12-16-38(49)17-13-33)27-45-21-8-11-34(45)28-47-35(23-30(2)3)26-44-40(50)41(47)51/h5-7,9-10,12-19,30,34-37,49H,4,8,11,20-29H2,1-3H3,(H,44,50)/t34-,35-,36-,37-/m0/s1. The number of nitrogens with zero attached hydrogens (tertiary/aromatic N) is 4. The van der Waals surface area contributed by atoms with Gasteiger partial charge in [0.05, 0.1) is 12.6 Å². The van der Waals surface area contributed by atoms with Crippen LogP contribution in [-0.4, -0.2) is 118 Å². The van der Waals surface area contributed by atoms with E-state index in [0.29, 0.717) is 64.5 Å². The number of likely N-dealkylation sites (tertiary alicyclic amines) is 1. The predicted octanol–water partition coefficient (Wildman–Crippen LogP) is 4.06. The molecule has 3 aliphatic heterocycles. The monoisotopic (exact) mass is 737 g/mol. The Balaban J connectivity index is 1.25. The number of aromatic hydroxyl groups is 1. The maximum absolute atomic E-state index is 14.3.